The van der Waals surface area contributed by atoms with Crippen LogP contribution in [0.3, 0.4) is 0 Å². The minimum absolute atomic E-state index is 0.109. The number of hydrogen-bond acceptors (Lipinski definition) is 10. The van der Waals surface area contributed by atoms with E-state index in [0.29, 0.717) is 23.0 Å². The highest BCUT2D eigenvalue weighted by Gasteiger charge is 2.45. The molecule has 0 amide bonds. The predicted molar refractivity (Wildman–Crippen MR) is 134 cm³/mol. The summed E-state index contributed by atoms with van der Waals surface area (Å²) < 4.78 is 63.2. The number of ether oxygens (including phenoxy) is 2. The van der Waals surface area contributed by atoms with Gasteiger partial charge in [0.2, 0.25) is 21.8 Å². The first-order chi connectivity index (χ1) is 18.0. The van der Waals surface area contributed by atoms with E-state index in [0.717, 1.165) is 19.3 Å². The van der Waals surface area contributed by atoms with Gasteiger partial charge in [-0.2, -0.15) is 5.26 Å². The average molecular weight is 542 g/mol. The fourth-order valence-corrected chi connectivity index (χ4v) is 4.91. The highest BCUT2D eigenvalue weighted by atomic mass is 32.2. The maximum absolute atomic E-state index is 15.9. The number of furan rings is 1. The van der Waals surface area contributed by atoms with Crippen LogP contribution in [0.2, 0.25) is 0 Å². The highest BCUT2D eigenvalue weighted by Crippen LogP contribution is 2.39. The van der Waals surface area contributed by atoms with Crippen molar-refractivity contribution in [2.75, 3.05) is 18.9 Å². The number of halogens is 1. The summed E-state index contributed by atoms with van der Waals surface area (Å²) in [5.41, 5.74) is -2.14. The molecule has 0 bridgehead atoms. The molecule has 3 aromatic heterocycles. The minimum atomic E-state index is -4.47. The zero-order valence-electron chi connectivity index (χ0n) is 21.1. The molecule has 0 radical (unpaired) electrons. The number of nitriles is 1. The number of para-hydroxylation sites is 1. The molecule has 1 N–H and O–H groups in total. The number of aromatic nitrogens is 5. The molecule has 4 aromatic rings. The lowest BCUT2D eigenvalue weighted by atomic mass is 10.0. The summed E-state index contributed by atoms with van der Waals surface area (Å²) in [5, 5.41) is 15.4. The molecular weight excluding hydrogens is 517 g/mol. The molecule has 0 aliphatic carbocycles. The quantitative estimate of drug-likeness (QED) is 0.332. The van der Waals surface area contributed by atoms with Crippen molar-refractivity contribution in [1.29, 1.82) is 5.26 Å². The SMILES string of the molecule is COc1cccc(OC)c1-n1c(NS(=O)(=O)[C@@H](C)[C@](C)(F)c2ncc(C#N)cn2)nnc1-c1ccc(C)o1. The van der Waals surface area contributed by atoms with Gasteiger partial charge in [0.25, 0.3) is 0 Å². The Morgan fingerprint density at radius 2 is 1.76 bits per heavy atom. The second-order valence-corrected chi connectivity index (χ2v) is 10.4. The van der Waals surface area contributed by atoms with E-state index in [2.05, 4.69) is 24.9 Å². The third-order valence-electron chi connectivity index (χ3n) is 5.93. The minimum Gasteiger partial charge on any atom is -0.494 e. The number of benzene rings is 1. The number of sulfonamides is 1. The van der Waals surface area contributed by atoms with Crippen LogP contribution in [0.15, 0.2) is 47.1 Å². The molecule has 14 heteroatoms. The Hall–Kier alpha value is -4.51. The zero-order chi connectivity index (χ0) is 27.7. The van der Waals surface area contributed by atoms with Gasteiger partial charge in [0, 0.05) is 12.4 Å². The van der Waals surface area contributed by atoms with E-state index < -0.39 is 26.8 Å². The molecule has 0 aliphatic rings. The van der Waals surface area contributed by atoms with Gasteiger partial charge in [0.05, 0.1) is 19.8 Å². The predicted octanol–water partition coefficient (Wildman–Crippen LogP) is 3.53. The van der Waals surface area contributed by atoms with Crippen LogP contribution in [0.5, 0.6) is 11.5 Å². The summed E-state index contributed by atoms with van der Waals surface area (Å²) in [5.74, 6) is 1.02. The van der Waals surface area contributed by atoms with E-state index in [4.69, 9.17) is 19.2 Å². The molecule has 2 atom stereocenters. The number of nitrogens with one attached hydrogen (secondary N) is 1. The van der Waals surface area contributed by atoms with Crippen molar-refractivity contribution < 1.29 is 26.7 Å². The van der Waals surface area contributed by atoms with E-state index in [1.807, 2.05) is 6.07 Å². The van der Waals surface area contributed by atoms with Gasteiger partial charge in [-0.15, -0.1) is 10.2 Å². The van der Waals surface area contributed by atoms with E-state index >= 15 is 4.39 Å². The number of hydrogen-bond donors (Lipinski definition) is 1. The Morgan fingerprint density at radius 3 is 2.29 bits per heavy atom. The number of methoxy groups -OCH3 is 2. The lowest BCUT2D eigenvalue weighted by molar-refractivity contribution is 0.175. The average Bonchev–Trinajstić information content (AvgIpc) is 3.52. The third kappa shape index (κ3) is 4.75. The monoisotopic (exact) mass is 541 g/mol. The molecular formula is C24H24FN7O5S. The summed E-state index contributed by atoms with van der Waals surface area (Å²) >= 11 is 0. The maximum atomic E-state index is 15.9. The second-order valence-electron chi connectivity index (χ2n) is 8.38. The maximum Gasteiger partial charge on any atom is 0.243 e. The van der Waals surface area contributed by atoms with Crippen LogP contribution in [0.4, 0.5) is 10.3 Å². The van der Waals surface area contributed by atoms with Crippen LogP contribution >= 0.6 is 0 Å². The molecule has 0 unspecified atom stereocenters. The molecule has 12 nitrogen and oxygen atoms in total. The first-order valence-electron chi connectivity index (χ1n) is 11.2. The highest BCUT2D eigenvalue weighted by molar-refractivity contribution is 7.93. The van der Waals surface area contributed by atoms with E-state index in [1.54, 1.807) is 37.3 Å². The van der Waals surface area contributed by atoms with Crippen LogP contribution in [-0.2, 0) is 15.7 Å². The lowest BCUT2D eigenvalue weighted by Crippen LogP contribution is -2.41. The van der Waals surface area contributed by atoms with Gasteiger partial charge in [-0.3, -0.25) is 9.29 Å². The summed E-state index contributed by atoms with van der Waals surface area (Å²) in [6.45, 7) is 3.96. The van der Waals surface area contributed by atoms with E-state index in [1.165, 1.54) is 25.7 Å². The zero-order valence-corrected chi connectivity index (χ0v) is 21.9. The van der Waals surface area contributed by atoms with Gasteiger partial charge in [0.1, 0.15) is 34.3 Å². The van der Waals surface area contributed by atoms with Crippen molar-refractivity contribution in [3.8, 4) is 34.8 Å². The van der Waals surface area contributed by atoms with Crippen molar-refractivity contribution in [3.63, 3.8) is 0 Å². The first kappa shape index (κ1) is 26.6. The van der Waals surface area contributed by atoms with Gasteiger partial charge < -0.3 is 13.9 Å². The largest absolute Gasteiger partial charge is 0.494 e. The molecule has 3 heterocycles. The van der Waals surface area contributed by atoms with Gasteiger partial charge in [0.15, 0.2) is 17.3 Å². The fraction of sp³-hybridized carbons (Fsp3) is 0.292. The van der Waals surface area contributed by atoms with Crippen molar-refractivity contribution in [1.82, 2.24) is 24.7 Å². The van der Waals surface area contributed by atoms with Gasteiger partial charge in [-0.05, 0) is 45.0 Å². The number of anilines is 1. The molecule has 38 heavy (non-hydrogen) atoms. The van der Waals surface area contributed by atoms with Crippen molar-refractivity contribution >= 4 is 16.0 Å². The Kier molecular flexibility index (Phi) is 7.05. The number of aryl methyl sites for hydroxylation is 1. The van der Waals surface area contributed by atoms with Crippen LogP contribution in [0, 0.1) is 18.3 Å². The topological polar surface area (TPSA) is 158 Å². The van der Waals surface area contributed by atoms with Crippen molar-refractivity contribution in [2.45, 2.75) is 31.7 Å². The standard InChI is InChI=1S/C24H24FN7O5S/c1-14-9-10-19(37-14)21-29-30-23(32(21)20-17(35-4)7-6-8-18(20)36-5)31-38(33,34)15(2)24(3,25)22-27-12-16(11-26)13-28-22/h6-10,12-13,15H,1-5H3,(H,30,31)/t15-,24-/m0/s1. The fourth-order valence-electron chi connectivity index (χ4n) is 3.66. The normalized spacial score (nSPS) is 13.8. The van der Waals surface area contributed by atoms with Crippen LogP contribution < -0.4 is 14.2 Å². The summed E-state index contributed by atoms with van der Waals surface area (Å²) in [4.78, 5) is 7.68. The molecule has 0 spiro atoms. The van der Waals surface area contributed by atoms with Gasteiger partial charge in [-0.25, -0.2) is 22.8 Å². The molecule has 0 aliphatic heterocycles. The van der Waals surface area contributed by atoms with E-state index in [9.17, 15) is 8.42 Å². The Labute approximate surface area is 218 Å². The number of nitrogens with zero attached hydrogens (tertiary/aromatic N) is 6. The Bertz CT molecular complexity index is 1590. The summed E-state index contributed by atoms with van der Waals surface area (Å²) in [6, 6.07) is 10.2. The molecule has 0 saturated heterocycles. The van der Waals surface area contributed by atoms with Crippen molar-refractivity contribution in [3.05, 3.63) is 59.9 Å². The lowest BCUT2D eigenvalue weighted by Gasteiger charge is -2.26. The van der Waals surface area contributed by atoms with Crippen LogP contribution in [0.1, 0.15) is 31.0 Å². The molecule has 0 saturated carbocycles. The first-order valence-corrected chi connectivity index (χ1v) is 12.7. The number of rotatable bonds is 9. The van der Waals surface area contributed by atoms with Gasteiger partial charge >= 0.3 is 0 Å². The molecule has 4 rings (SSSR count). The van der Waals surface area contributed by atoms with Crippen LogP contribution in [0.25, 0.3) is 17.3 Å². The third-order valence-corrected chi connectivity index (χ3v) is 7.77. The second kappa shape index (κ2) is 10.1. The molecule has 198 valence electrons. The van der Waals surface area contributed by atoms with Gasteiger partial charge in [-0.1, -0.05) is 6.07 Å². The van der Waals surface area contributed by atoms with E-state index in [-0.39, 0.29) is 23.0 Å². The molecule has 0 fully saturated rings. The Balaban J connectivity index is 1.83. The summed E-state index contributed by atoms with van der Waals surface area (Å²) in [6.07, 6.45) is 2.24. The molecule has 1 aromatic carbocycles. The van der Waals surface area contributed by atoms with Crippen molar-refractivity contribution in [2.24, 2.45) is 0 Å². The Morgan fingerprint density at radius 1 is 1.13 bits per heavy atom. The van der Waals surface area contributed by atoms with Crippen LogP contribution in [-0.4, -0.2) is 52.6 Å². The smallest absolute Gasteiger partial charge is 0.243 e. The number of alkyl halides is 1. The summed E-state index contributed by atoms with van der Waals surface area (Å²) in [7, 11) is -1.59.